The molecule has 1 aromatic heterocycles. The predicted octanol–water partition coefficient (Wildman–Crippen LogP) is 4.54. The normalized spacial score (nSPS) is 13.1. The van der Waals surface area contributed by atoms with Crippen molar-refractivity contribution in [2.75, 3.05) is 18.5 Å². The van der Waals surface area contributed by atoms with E-state index in [1.54, 1.807) is 0 Å². The van der Waals surface area contributed by atoms with Gasteiger partial charge in [-0.25, -0.2) is 4.79 Å². The molecule has 0 saturated carbocycles. The number of carbonyl (C=O) groups excluding carboxylic acids is 1. The van der Waals surface area contributed by atoms with Crippen LogP contribution in [0.1, 0.15) is 35.0 Å². The van der Waals surface area contributed by atoms with E-state index in [0.29, 0.717) is 26.2 Å². The van der Waals surface area contributed by atoms with Gasteiger partial charge in [-0.3, -0.25) is 4.68 Å². The van der Waals surface area contributed by atoms with Crippen molar-refractivity contribution in [2.24, 2.45) is 0 Å². The van der Waals surface area contributed by atoms with E-state index in [4.69, 9.17) is 4.74 Å². The van der Waals surface area contributed by atoms with Crippen molar-refractivity contribution in [2.45, 2.75) is 40.3 Å². The number of benzene rings is 2. The zero-order valence-electron chi connectivity index (χ0n) is 17.8. The maximum Gasteiger partial charge on any atom is 0.322 e. The SMILES string of the molecule is CCOc1ccc2c(c1)CN(C(=O)Nc1cccc(Cn3nc(C)cc3C)c1)CC2. The Balaban J connectivity index is 1.43. The average Bonchev–Trinajstić information content (AvgIpc) is 3.04. The third kappa shape index (κ3) is 4.48. The Morgan fingerprint density at radius 1 is 1.13 bits per heavy atom. The summed E-state index contributed by atoms with van der Waals surface area (Å²) < 4.78 is 7.59. The fraction of sp³-hybridized carbons (Fsp3) is 0.333. The van der Waals surface area contributed by atoms with Gasteiger partial charge in [-0.05, 0) is 74.2 Å². The van der Waals surface area contributed by atoms with Crippen LogP contribution in [0.5, 0.6) is 5.75 Å². The number of hydrogen-bond donors (Lipinski definition) is 1. The second-order valence-electron chi connectivity index (χ2n) is 7.75. The highest BCUT2D eigenvalue weighted by atomic mass is 16.5. The van der Waals surface area contributed by atoms with E-state index in [2.05, 4.69) is 35.5 Å². The number of aryl methyl sites for hydroxylation is 2. The maximum absolute atomic E-state index is 12.9. The van der Waals surface area contributed by atoms with Gasteiger partial charge in [-0.15, -0.1) is 0 Å². The first-order chi connectivity index (χ1) is 14.5. The first kappa shape index (κ1) is 20.0. The molecule has 2 aromatic carbocycles. The van der Waals surface area contributed by atoms with E-state index in [1.807, 2.05) is 53.8 Å². The summed E-state index contributed by atoms with van der Waals surface area (Å²) in [6.45, 7) is 8.64. The lowest BCUT2D eigenvalue weighted by Crippen LogP contribution is -2.38. The lowest BCUT2D eigenvalue weighted by molar-refractivity contribution is 0.206. The largest absolute Gasteiger partial charge is 0.494 e. The van der Waals surface area contributed by atoms with Crippen LogP contribution in [0.3, 0.4) is 0 Å². The molecule has 4 rings (SSSR count). The van der Waals surface area contributed by atoms with Crippen LogP contribution in [0.2, 0.25) is 0 Å². The standard InChI is InChI=1S/C24H28N4O2/c1-4-30-23-9-8-20-10-11-27(16-21(20)14-23)24(29)25-22-7-5-6-19(13-22)15-28-18(3)12-17(2)26-28/h5-9,12-14H,4,10-11,15-16H2,1-3H3,(H,25,29). The van der Waals surface area contributed by atoms with Crippen LogP contribution in [0, 0.1) is 13.8 Å². The first-order valence-electron chi connectivity index (χ1n) is 10.4. The second-order valence-corrected chi connectivity index (χ2v) is 7.75. The summed E-state index contributed by atoms with van der Waals surface area (Å²) in [7, 11) is 0. The van der Waals surface area contributed by atoms with E-state index in [0.717, 1.165) is 40.4 Å². The van der Waals surface area contributed by atoms with Gasteiger partial charge in [0.15, 0.2) is 0 Å². The van der Waals surface area contributed by atoms with Crippen molar-refractivity contribution in [1.82, 2.24) is 14.7 Å². The topological polar surface area (TPSA) is 59.4 Å². The van der Waals surface area contributed by atoms with E-state index in [9.17, 15) is 4.79 Å². The van der Waals surface area contributed by atoms with E-state index < -0.39 is 0 Å². The molecule has 0 bridgehead atoms. The molecule has 156 valence electrons. The summed E-state index contributed by atoms with van der Waals surface area (Å²) in [6.07, 6.45) is 0.854. The minimum Gasteiger partial charge on any atom is -0.494 e. The van der Waals surface area contributed by atoms with Gasteiger partial charge < -0.3 is 15.0 Å². The summed E-state index contributed by atoms with van der Waals surface area (Å²) in [6, 6.07) is 16.1. The van der Waals surface area contributed by atoms with Crippen molar-refractivity contribution in [3.05, 3.63) is 76.6 Å². The molecule has 0 atom stereocenters. The van der Waals surface area contributed by atoms with Crippen molar-refractivity contribution < 1.29 is 9.53 Å². The third-order valence-corrected chi connectivity index (χ3v) is 5.40. The highest BCUT2D eigenvalue weighted by molar-refractivity contribution is 5.89. The molecule has 0 saturated heterocycles. The number of urea groups is 1. The summed E-state index contributed by atoms with van der Waals surface area (Å²) in [4.78, 5) is 14.7. The van der Waals surface area contributed by atoms with Crippen LogP contribution >= 0.6 is 0 Å². The van der Waals surface area contributed by atoms with Crippen molar-refractivity contribution in [1.29, 1.82) is 0 Å². The zero-order valence-corrected chi connectivity index (χ0v) is 17.8. The average molecular weight is 405 g/mol. The van der Waals surface area contributed by atoms with Gasteiger partial charge in [0.25, 0.3) is 0 Å². The van der Waals surface area contributed by atoms with Crippen molar-refractivity contribution in [3.8, 4) is 5.75 Å². The van der Waals surface area contributed by atoms with Crippen molar-refractivity contribution in [3.63, 3.8) is 0 Å². The third-order valence-electron chi connectivity index (χ3n) is 5.40. The van der Waals surface area contributed by atoms with E-state index in [1.165, 1.54) is 5.56 Å². The molecule has 0 unspecified atom stereocenters. The fourth-order valence-corrected chi connectivity index (χ4v) is 3.92. The number of carbonyl (C=O) groups is 1. The first-order valence-corrected chi connectivity index (χ1v) is 10.4. The Morgan fingerprint density at radius 3 is 2.77 bits per heavy atom. The van der Waals surface area contributed by atoms with E-state index >= 15 is 0 Å². The Bertz CT molecular complexity index is 1060. The van der Waals surface area contributed by atoms with Gasteiger partial charge in [-0.1, -0.05) is 18.2 Å². The summed E-state index contributed by atoms with van der Waals surface area (Å²) in [5, 5.41) is 7.58. The van der Waals surface area contributed by atoms with Crippen LogP contribution < -0.4 is 10.1 Å². The lowest BCUT2D eigenvalue weighted by Gasteiger charge is -2.29. The van der Waals surface area contributed by atoms with Gasteiger partial charge in [0, 0.05) is 24.5 Å². The molecule has 2 heterocycles. The number of anilines is 1. The van der Waals surface area contributed by atoms with E-state index in [-0.39, 0.29) is 6.03 Å². The molecule has 0 spiro atoms. The molecule has 1 aliphatic heterocycles. The highest BCUT2D eigenvalue weighted by Crippen LogP contribution is 2.24. The van der Waals surface area contributed by atoms with Crippen LogP contribution in [-0.4, -0.2) is 33.9 Å². The smallest absolute Gasteiger partial charge is 0.322 e. The zero-order chi connectivity index (χ0) is 21.1. The van der Waals surface area contributed by atoms with Crippen LogP contribution in [0.15, 0.2) is 48.5 Å². The minimum atomic E-state index is -0.0780. The Hall–Kier alpha value is -3.28. The number of nitrogens with zero attached hydrogens (tertiary/aromatic N) is 3. The molecule has 1 N–H and O–H groups in total. The van der Waals surface area contributed by atoms with Gasteiger partial charge in [-0.2, -0.15) is 5.10 Å². The fourth-order valence-electron chi connectivity index (χ4n) is 3.92. The van der Waals surface area contributed by atoms with Crippen LogP contribution in [0.25, 0.3) is 0 Å². The molecule has 0 radical (unpaired) electrons. The minimum absolute atomic E-state index is 0.0780. The second kappa shape index (κ2) is 8.61. The number of nitrogens with one attached hydrogen (secondary N) is 1. The van der Waals surface area contributed by atoms with Gasteiger partial charge in [0.2, 0.25) is 0 Å². The van der Waals surface area contributed by atoms with Crippen LogP contribution in [-0.2, 0) is 19.5 Å². The molecule has 0 aliphatic carbocycles. The molecular weight excluding hydrogens is 376 g/mol. The van der Waals surface area contributed by atoms with Crippen molar-refractivity contribution >= 4 is 11.7 Å². The number of amides is 2. The molecule has 6 heteroatoms. The summed E-state index contributed by atoms with van der Waals surface area (Å²) in [5.74, 6) is 0.857. The van der Waals surface area contributed by atoms with Gasteiger partial charge in [0.05, 0.1) is 18.8 Å². The lowest BCUT2D eigenvalue weighted by atomic mass is 10.00. The molecule has 30 heavy (non-hydrogen) atoms. The highest BCUT2D eigenvalue weighted by Gasteiger charge is 2.21. The molecule has 2 amide bonds. The molecule has 0 fully saturated rings. The number of rotatable bonds is 5. The quantitative estimate of drug-likeness (QED) is 0.679. The molecular formula is C24H28N4O2. The number of hydrogen-bond acceptors (Lipinski definition) is 3. The monoisotopic (exact) mass is 404 g/mol. The number of ether oxygens (including phenoxy) is 1. The molecule has 6 nitrogen and oxygen atoms in total. The predicted molar refractivity (Wildman–Crippen MR) is 118 cm³/mol. The Kier molecular flexibility index (Phi) is 5.74. The summed E-state index contributed by atoms with van der Waals surface area (Å²) >= 11 is 0. The number of aromatic nitrogens is 2. The Morgan fingerprint density at radius 2 is 2.00 bits per heavy atom. The molecule has 3 aromatic rings. The summed E-state index contributed by atoms with van der Waals surface area (Å²) in [5.41, 5.74) is 6.47. The van der Waals surface area contributed by atoms with Gasteiger partial charge in [0.1, 0.15) is 5.75 Å². The Labute approximate surface area is 177 Å². The number of fused-ring (bicyclic) bond motifs is 1. The molecule has 1 aliphatic rings. The maximum atomic E-state index is 12.9. The van der Waals surface area contributed by atoms with Gasteiger partial charge >= 0.3 is 6.03 Å². The van der Waals surface area contributed by atoms with Crippen LogP contribution in [0.4, 0.5) is 10.5 Å².